The van der Waals surface area contributed by atoms with Crippen LogP contribution in [0.3, 0.4) is 0 Å². The molecule has 0 fully saturated rings. The van der Waals surface area contributed by atoms with Gasteiger partial charge in [0, 0.05) is 23.5 Å². The molecular weight excluding hydrogens is 459 g/mol. The number of halogens is 1. The number of nitrogens with one attached hydrogen (secondary N) is 3. The van der Waals surface area contributed by atoms with Crippen molar-refractivity contribution in [1.82, 2.24) is 10.6 Å². The summed E-state index contributed by atoms with van der Waals surface area (Å²) < 4.78 is 0. The second-order valence-electron chi connectivity index (χ2n) is 5.62. The molecule has 26 heavy (non-hydrogen) atoms. The van der Waals surface area contributed by atoms with Gasteiger partial charge < -0.3 is 16.0 Å². The maximum atomic E-state index is 11.6. The van der Waals surface area contributed by atoms with Crippen molar-refractivity contribution in [3.8, 4) is 0 Å². The number of aliphatic imine (C=N–C) groups is 1. The normalized spacial score (nSPS) is 10.8. The molecule has 5 nitrogen and oxygen atoms in total. The van der Waals surface area contributed by atoms with E-state index in [1.165, 1.54) is 4.88 Å². The minimum atomic E-state index is 0. The predicted octanol–water partition coefficient (Wildman–Crippen LogP) is 4.36. The van der Waals surface area contributed by atoms with Crippen molar-refractivity contribution in [1.29, 1.82) is 0 Å². The zero-order chi connectivity index (χ0) is 17.9. The lowest BCUT2D eigenvalue weighted by atomic mass is 10.2. The molecular formula is C19H27IN4OS. The number of hydrogen-bond acceptors (Lipinski definition) is 3. The average Bonchev–Trinajstić information content (AvgIpc) is 3.12. The van der Waals surface area contributed by atoms with Gasteiger partial charge >= 0.3 is 0 Å². The van der Waals surface area contributed by atoms with Gasteiger partial charge in [0.25, 0.3) is 0 Å². The molecule has 1 aromatic heterocycles. The zero-order valence-electron chi connectivity index (χ0n) is 15.2. The van der Waals surface area contributed by atoms with Crippen LogP contribution in [0.15, 0.2) is 46.8 Å². The molecule has 0 radical (unpaired) electrons. The quantitative estimate of drug-likeness (QED) is 0.295. The Morgan fingerprint density at radius 1 is 1.12 bits per heavy atom. The van der Waals surface area contributed by atoms with Gasteiger partial charge in [0.2, 0.25) is 5.91 Å². The first kappa shape index (κ1) is 22.4. The second-order valence-corrected chi connectivity index (χ2v) is 6.66. The van der Waals surface area contributed by atoms with Gasteiger partial charge in [-0.05, 0) is 42.5 Å². The van der Waals surface area contributed by atoms with Gasteiger partial charge in [0.05, 0.1) is 13.1 Å². The third kappa shape index (κ3) is 8.18. The van der Waals surface area contributed by atoms with Gasteiger partial charge in [0.15, 0.2) is 5.96 Å². The monoisotopic (exact) mass is 486 g/mol. The summed E-state index contributed by atoms with van der Waals surface area (Å²) in [5.74, 6) is 0.858. The molecule has 7 heteroatoms. The number of anilines is 1. The Hall–Kier alpha value is -1.61. The Kier molecular flexibility index (Phi) is 11.0. The first-order chi connectivity index (χ1) is 12.2. The van der Waals surface area contributed by atoms with Crippen LogP contribution in [0.1, 0.15) is 37.1 Å². The minimum absolute atomic E-state index is 0. The fourth-order valence-corrected chi connectivity index (χ4v) is 2.88. The Morgan fingerprint density at radius 2 is 1.88 bits per heavy atom. The summed E-state index contributed by atoms with van der Waals surface area (Å²) in [6.45, 7) is 6.22. The molecule has 1 aromatic carbocycles. The van der Waals surface area contributed by atoms with E-state index in [0.717, 1.165) is 36.7 Å². The topological polar surface area (TPSA) is 65.5 Å². The Bertz CT molecular complexity index is 671. The maximum Gasteiger partial charge on any atom is 0.224 e. The van der Waals surface area contributed by atoms with Crippen molar-refractivity contribution in [2.75, 3.05) is 11.9 Å². The molecule has 1 heterocycles. The zero-order valence-corrected chi connectivity index (χ0v) is 18.4. The van der Waals surface area contributed by atoms with Crippen molar-refractivity contribution >= 4 is 52.9 Å². The molecule has 0 spiro atoms. The Balaban J connectivity index is 0.00000338. The van der Waals surface area contributed by atoms with Crippen molar-refractivity contribution in [2.24, 2.45) is 4.99 Å². The van der Waals surface area contributed by atoms with E-state index in [1.54, 1.807) is 11.3 Å². The second kappa shape index (κ2) is 12.7. The molecule has 0 saturated carbocycles. The molecule has 3 N–H and O–H groups in total. The number of rotatable bonds is 8. The molecule has 1 amide bonds. The van der Waals surface area contributed by atoms with E-state index in [0.29, 0.717) is 13.0 Å². The summed E-state index contributed by atoms with van der Waals surface area (Å²) in [4.78, 5) is 17.5. The maximum absolute atomic E-state index is 11.6. The third-order valence-electron chi connectivity index (χ3n) is 3.49. The first-order valence-corrected chi connectivity index (χ1v) is 9.52. The molecule has 2 aromatic rings. The summed E-state index contributed by atoms with van der Waals surface area (Å²) in [7, 11) is 0. The van der Waals surface area contributed by atoms with Crippen molar-refractivity contribution < 1.29 is 4.79 Å². The fourth-order valence-electron chi connectivity index (χ4n) is 2.24. The van der Waals surface area contributed by atoms with Gasteiger partial charge in [-0.3, -0.25) is 4.79 Å². The Labute approximate surface area is 176 Å². The number of thiophene rings is 1. The van der Waals surface area contributed by atoms with E-state index >= 15 is 0 Å². The van der Waals surface area contributed by atoms with E-state index in [-0.39, 0.29) is 29.9 Å². The van der Waals surface area contributed by atoms with Crippen LogP contribution in [0.2, 0.25) is 0 Å². The molecule has 0 bridgehead atoms. The predicted molar refractivity (Wildman–Crippen MR) is 121 cm³/mol. The van der Waals surface area contributed by atoms with Crippen molar-refractivity contribution in [2.45, 2.75) is 39.8 Å². The van der Waals surface area contributed by atoms with Crippen molar-refractivity contribution in [3.05, 3.63) is 52.2 Å². The van der Waals surface area contributed by atoms with Gasteiger partial charge in [-0.25, -0.2) is 4.99 Å². The first-order valence-electron chi connectivity index (χ1n) is 8.64. The molecule has 2 rings (SSSR count). The highest BCUT2D eigenvalue weighted by Crippen LogP contribution is 2.11. The SMILES string of the molecule is CCCC(=O)Nc1ccc(CN=C(NCC)NCc2cccs2)cc1.I. The van der Waals surface area contributed by atoms with E-state index in [1.807, 2.05) is 37.3 Å². The summed E-state index contributed by atoms with van der Waals surface area (Å²) in [6.07, 6.45) is 1.40. The fraction of sp³-hybridized carbons (Fsp3) is 0.368. The number of hydrogen-bond donors (Lipinski definition) is 3. The summed E-state index contributed by atoms with van der Waals surface area (Å²) >= 11 is 1.73. The summed E-state index contributed by atoms with van der Waals surface area (Å²) in [6, 6.07) is 12.0. The van der Waals surface area contributed by atoms with Gasteiger partial charge in [-0.15, -0.1) is 35.3 Å². The molecule has 142 valence electrons. The number of nitrogens with zero attached hydrogens (tertiary/aromatic N) is 1. The van der Waals surface area contributed by atoms with Crippen LogP contribution in [0.4, 0.5) is 5.69 Å². The lowest BCUT2D eigenvalue weighted by molar-refractivity contribution is -0.116. The van der Waals surface area contributed by atoms with Crippen LogP contribution in [0, 0.1) is 0 Å². The molecule has 0 aliphatic carbocycles. The van der Waals surface area contributed by atoms with Gasteiger partial charge in [-0.1, -0.05) is 25.1 Å². The third-order valence-corrected chi connectivity index (χ3v) is 4.37. The van der Waals surface area contributed by atoms with Gasteiger partial charge in [-0.2, -0.15) is 0 Å². The van der Waals surface area contributed by atoms with Crippen LogP contribution < -0.4 is 16.0 Å². The summed E-state index contributed by atoms with van der Waals surface area (Å²) in [5.41, 5.74) is 1.93. The van der Waals surface area contributed by atoms with E-state index in [2.05, 4.69) is 39.3 Å². The number of carbonyl (C=O) groups excluding carboxylic acids is 1. The Morgan fingerprint density at radius 3 is 2.50 bits per heavy atom. The van der Waals surface area contributed by atoms with Crippen LogP contribution in [0.5, 0.6) is 0 Å². The number of carbonyl (C=O) groups is 1. The molecule has 0 saturated heterocycles. The van der Waals surface area contributed by atoms with E-state index in [4.69, 9.17) is 0 Å². The smallest absolute Gasteiger partial charge is 0.224 e. The summed E-state index contributed by atoms with van der Waals surface area (Å²) in [5, 5.41) is 11.6. The lowest BCUT2D eigenvalue weighted by Gasteiger charge is -2.10. The van der Waals surface area contributed by atoms with Gasteiger partial charge in [0.1, 0.15) is 0 Å². The molecule has 0 unspecified atom stereocenters. The van der Waals surface area contributed by atoms with Crippen LogP contribution >= 0.6 is 35.3 Å². The molecule has 0 aliphatic heterocycles. The highest BCUT2D eigenvalue weighted by Gasteiger charge is 2.02. The van der Waals surface area contributed by atoms with Crippen LogP contribution in [0.25, 0.3) is 0 Å². The number of guanidine groups is 1. The number of amides is 1. The highest BCUT2D eigenvalue weighted by atomic mass is 127. The van der Waals surface area contributed by atoms with E-state index < -0.39 is 0 Å². The highest BCUT2D eigenvalue weighted by molar-refractivity contribution is 14.0. The minimum Gasteiger partial charge on any atom is -0.357 e. The standard InChI is InChI=1S/C19H26N4OS.HI/c1-3-6-18(24)23-16-10-8-15(9-11-16)13-21-19(20-4-2)22-14-17-7-5-12-25-17;/h5,7-12H,3-4,6,13-14H2,1-2H3,(H,23,24)(H2,20,21,22);1H. The molecule has 0 aliphatic rings. The van der Waals surface area contributed by atoms with Crippen molar-refractivity contribution in [3.63, 3.8) is 0 Å². The van der Waals surface area contributed by atoms with Crippen LogP contribution in [-0.2, 0) is 17.9 Å². The average molecular weight is 486 g/mol. The largest absolute Gasteiger partial charge is 0.357 e. The lowest BCUT2D eigenvalue weighted by Crippen LogP contribution is -2.36. The van der Waals surface area contributed by atoms with E-state index in [9.17, 15) is 4.79 Å². The molecule has 0 atom stereocenters. The number of benzene rings is 1. The van der Waals surface area contributed by atoms with Crippen LogP contribution in [-0.4, -0.2) is 18.4 Å².